The number of piperidine rings is 1. The first-order valence-corrected chi connectivity index (χ1v) is 26.9. The number of fused-ring (bicyclic) bond motifs is 4. The molecule has 4 aromatic carbocycles. The van der Waals surface area contributed by atoms with Gasteiger partial charge in [0.25, 0.3) is 5.56 Å². The lowest BCUT2D eigenvalue weighted by molar-refractivity contribution is -0.136. The molecule has 73 heavy (non-hydrogen) atoms. The molecule has 3 aromatic heterocycles. The number of β-amino-alcohol motifs (C(OH)–C–C–N with tert-alkyl or cyclic N) is 1. The number of carbonyl (C=O) groups excluding carboxylic acids is 2. The van der Waals surface area contributed by atoms with Crippen LogP contribution in [0.5, 0.6) is 0 Å². The first kappa shape index (κ1) is 52.5. The molecule has 0 unspecified atom stereocenters. The summed E-state index contributed by atoms with van der Waals surface area (Å²) in [6.45, 7) is 10.7. The highest BCUT2D eigenvalue weighted by molar-refractivity contribution is 9.10. The molecule has 2 fully saturated rings. The molecule has 5 heterocycles. The number of likely N-dealkylation sites (tertiary alicyclic amines) is 1. The molecule has 0 aliphatic carbocycles. The van der Waals surface area contributed by atoms with Gasteiger partial charge in [-0.05, 0) is 66.3 Å². The van der Waals surface area contributed by atoms with Gasteiger partial charge < -0.3 is 34.5 Å². The predicted octanol–water partition coefficient (Wildman–Crippen LogP) is 6.70. The minimum Gasteiger partial charge on any atom is -0.390 e. The number of nitrogens with one attached hydrogen (secondary N) is 1. The van der Waals surface area contributed by atoms with Gasteiger partial charge in [0, 0.05) is 115 Å². The van der Waals surface area contributed by atoms with E-state index >= 15 is 0 Å². The van der Waals surface area contributed by atoms with Crippen molar-refractivity contribution in [2.75, 3.05) is 78.8 Å². The van der Waals surface area contributed by atoms with Crippen LogP contribution in [-0.2, 0) is 45.7 Å². The third kappa shape index (κ3) is 13.0. The van der Waals surface area contributed by atoms with Gasteiger partial charge in [0.2, 0.25) is 11.8 Å². The number of aromatic nitrogens is 5. The SMILES string of the molecule is C[C@H](CC(=O)N1CCC(O)(Cn2cnc3c(-c4ccc(CNC(=O)CCOCCOCCN5CCN(C[C@@H](O)Cn6c7ccc(Br)cc7c7cc(Br)ccc76)CC5)cc4)n(C)nc3c2=O)CC1)c1ccccc1. The van der Waals surface area contributed by atoms with Gasteiger partial charge in [-0.3, -0.25) is 33.4 Å². The van der Waals surface area contributed by atoms with Crippen LogP contribution in [-0.4, -0.2) is 151 Å². The van der Waals surface area contributed by atoms with Crippen LogP contribution in [0.1, 0.15) is 49.7 Å². The minimum atomic E-state index is -1.16. The van der Waals surface area contributed by atoms with Gasteiger partial charge in [-0.1, -0.05) is 93.4 Å². The van der Waals surface area contributed by atoms with Crippen molar-refractivity contribution in [3.63, 3.8) is 0 Å². The number of rotatable bonds is 21. The fraction of sp³-hybridized carbons (Fsp3) is 0.436. The summed E-state index contributed by atoms with van der Waals surface area (Å²) in [4.78, 5) is 50.6. The van der Waals surface area contributed by atoms with Crippen LogP contribution in [0.2, 0.25) is 0 Å². The lowest BCUT2D eigenvalue weighted by Gasteiger charge is -2.38. The van der Waals surface area contributed by atoms with Crippen LogP contribution in [0, 0.1) is 0 Å². The number of aryl methyl sites for hydroxylation is 1. The van der Waals surface area contributed by atoms with Gasteiger partial charge in [-0.25, -0.2) is 4.98 Å². The van der Waals surface area contributed by atoms with E-state index in [2.05, 4.69) is 105 Å². The minimum absolute atomic E-state index is 0.0594. The second-order valence-electron chi connectivity index (χ2n) is 19.6. The molecule has 2 aliphatic rings. The van der Waals surface area contributed by atoms with Crippen molar-refractivity contribution in [2.45, 2.75) is 69.9 Å². The molecule has 3 N–H and O–H groups in total. The highest BCUT2D eigenvalue weighted by Gasteiger charge is 2.35. The van der Waals surface area contributed by atoms with E-state index in [1.54, 1.807) is 11.7 Å². The zero-order valence-corrected chi connectivity index (χ0v) is 44.8. The number of aliphatic hydroxyl groups is 2. The number of hydrogen-bond acceptors (Lipinski definition) is 11. The van der Waals surface area contributed by atoms with Gasteiger partial charge in [-0.2, -0.15) is 5.10 Å². The Kier molecular flexibility index (Phi) is 17.2. The molecular formula is C55H65Br2N9O7. The van der Waals surface area contributed by atoms with Crippen LogP contribution in [0.15, 0.2) is 111 Å². The molecule has 2 amide bonds. The predicted molar refractivity (Wildman–Crippen MR) is 290 cm³/mol. The average molecular weight is 1120 g/mol. The second kappa shape index (κ2) is 23.9. The fourth-order valence-electron chi connectivity index (χ4n) is 10.2. The Labute approximate surface area is 442 Å². The fourth-order valence-corrected chi connectivity index (χ4v) is 10.9. The summed E-state index contributed by atoms with van der Waals surface area (Å²) in [6, 6.07) is 30.3. The Morgan fingerprint density at radius 2 is 1.44 bits per heavy atom. The molecule has 386 valence electrons. The molecule has 9 rings (SSSR count). The summed E-state index contributed by atoms with van der Waals surface area (Å²) in [5, 5.41) is 32.6. The van der Waals surface area contributed by atoms with Gasteiger partial charge in [0.1, 0.15) is 5.52 Å². The normalized spacial score (nSPS) is 16.4. The number of hydrogen-bond donors (Lipinski definition) is 3. The van der Waals surface area contributed by atoms with Crippen LogP contribution in [0.4, 0.5) is 0 Å². The number of halogens is 2. The zero-order valence-electron chi connectivity index (χ0n) is 41.6. The van der Waals surface area contributed by atoms with E-state index in [1.807, 2.05) is 59.5 Å². The number of ether oxygens (including phenoxy) is 2. The number of aliphatic hydroxyl groups excluding tert-OH is 1. The monoisotopic (exact) mass is 1120 g/mol. The van der Waals surface area contributed by atoms with E-state index in [-0.39, 0.29) is 41.8 Å². The molecule has 2 aliphatic heterocycles. The van der Waals surface area contributed by atoms with Crippen molar-refractivity contribution in [3.05, 3.63) is 128 Å². The Balaban J connectivity index is 0.639. The van der Waals surface area contributed by atoms with Crippen LogP contribution in [0.3, 0.4) is 0 Å². The summed E-state index contributed by atoms with van der Waals surface area (Å²) in [6.07, 6.45) is 2.32. The first-order valence-electron chi connectivity index (χ1n) is 25.3. The topological polar surface area (TPSA) is 172 Å². The lowest BCUT2D eigenvalue weighted by Crippen LogP contribution is -2.49. The molecule has 0 radical (unpaired) electrons. The van der Waals surface area contributed by atoms with Gasteiger partial charge in [0.15, 0.2) is 5.52 Å². The summed E-state index contributed by atoms with van der Waals surface area (Å²) in [5.41, 5.74) is 4.96. The third-order valence-corrected chi connectivity index (χ3v) is 15.4. The quantitative estimate of drug-likeness (QED) is 0.0655. The standard InChI is InChI=1S/C55H65Br2N9O7/c1-38(40-6-4-3-5-7-40)30-50(69)64-19-17-55(71,18-20-64)36-65-37-59-51-52(54(65)70)60-61(2)53(51)41-10-8-39(9-11-41)33-58-49(68)16-26-72-28-29-73-27-25-62-21-23-63(24-22-62)34-44(67)35-66-47-14-12-42(56)31-45(47)46-32-43(57)13-15-48(46)66/h3-15,31-32,37-38,44,67,71H,16-30,33-36H2,1-2H3,(H,58,68)/t38-,44-/m1/s1. The van der Waals surface area contributed by atoms with E-state index in [0.29, 0.717) is 89.6 Å². The first-order chi connectivity index (χ1) is 35.3. The van der Waals surface area contributed by atoms with Crippen molar-refractivity contribution >= 4 is 76.5 Å². The Hall–Kier alpha value is -5.31. The van der Waals surface area contributed by atoms with E-state index in [1.165, 1.54) is 10.9 Å². The summed E-state index contributed by atoms with van der Waals surface area (Å²) >= 11 is 7.24. The third-order valence-electron chi connectivity index (χ3n) is 14.4. The second-order valence-corrected chi connectivity index (χ2v) is 21.5. The van der Waals surface area contributed by atoms with E-state index in [4.69, 9.17) is 9.47 Å². The van der Waals surface area contributed by atoms with Crippen molar-refractivity contribution in [2.24, 2.45) is 7.05 Å². The molecule has 0 saturated carbocycles. The van der Waals surface area contributed by atoms with Gasteiger partial charge in [-0.15, -0.1) is 0 Å². The molecular weight excluding hydrogens is 1060 g/mol. The van der Waals surface area contributed by atoms with Crippen LogP contribution < -0.4 is 10.9 Å². The molecule has 18 heteroatoms. The van der Waals surface area contributed by atoms with Crippen molar-refractivity contribution < 1.29 is 29.3 Å². The largest absolute Gasteiger partial charge is 0.390 e. The van der Waals surface area contributed by atoms with E-state index in [0.717, 1.165) is 80.2 Å². The number of piperazine rings is 1. The highest BCUT2D eigenvalue weighted by atomic mass is 79.9. The van der Waals surface area contributed by atoms with Gasteiger partial charge in [0.05, 0.1) is 63.2 Å². The lowest BCUT2D eigenvalue weighted by atomic mass is 9.90. The highest BCUT2D eigenvalue weighted by Crippen LogP contribution is 2.34. The Bertz CT molecular complexity index is 3010. The molecule has 0 bridgehead atoms. The maximum Gasteiger partial charge on any atom is 0.281 e. The average Bonchev–Trinajstić information content (AvgIpc) is 3.88. The Morgan fingerprint density at radius 3 is 2.11 bits per heavy atom. The summed E-state index contributed by atoms with van der Waals surface area (Å²) in [5.74, 6) is 0.0516. The van der Waals surface area contributed by atoms with E-state index < -0.39 is 11.7 Å². The summed E-state index contributed by atoms with van der Waals surface area (Å²) < 4.78 is 18.9. The van der Waals surface area contributed by atoms with E-state index in [9.17, 15) is 24.6 Å². The summed E-state index contributed by atoms with van der Waals surface area (Å²) in [7, 11) is 1.77. The number of amides is 2. The molecule has 7 aromatic rings. The van der Waals surface area contributed by atoms with Crippen molar-refractivity contribution in [3.8, 4) is 11.3 Å². The molecule has 16 nitrogen and oxygen atoms in total. The number of nitrogens with zero attached hydrogens (tertiary/aromatic N) is 8. The maximum absolute atomic E-state index is 13.7. The van der Waals surface area contributed by atoms with Crippen molar-refractivity contribution in [1.82, 2.24) is 43.9 Å². The molecule has 2 saturated heterocycles. The molecule has 0 spiro atoms. The molecule has 2 atom stereocenters. The van der Waals surface area contributed by atoms with Gasteiger partial charge >= 0.3 is 0 Å². The Morgan fingerprint density at radius 1 is 0.795 bits per heavy atom. The van der Waals surface area contributed by atoms with Crippen LogP contribution in [0.25, 0.3) is 44.1 Å². The smallest absolute Gasteiger partial charge is 0.281 e. The maximum atomic E-state index is 13.7. The number of carbonyl (C=O) groups is 2. The van der Waals surface area contributed by atoms with Crippen LogP contribution >= 0.6 is 31.9 Å². The zero-order chi connectivity index (χ0) is 51.1. The number of benzene rings is 4. The van der Waals surface area contributed by atoms with Crippen molar-refractivity contribution in [1.29, 1.82) is 0 Å².